The molecule has 2 atom stereocenters. The van der Waals surface area contributed by atoms with Gasteiger partial charge in [0.25, 0.3) is 0 Å². The van der Waals surface area contributed by atoms with E-state index in [1.165, 1.54) is 35.0 Å². The second-order valence-corrected chi connectivity index (χ2v) is 5.88. The molecule has 0 saturated carbocycles. The van der Waals surface area contributed by atoms with Crippen molar-refractivity contribution in [3.05, 3.63) is 28.2 Å². The molecule has 86 valence electrons. The molecule has 2 nitrogen and oxygen atoms in total. The minimum atomic E-state index is 0.686. The number of rotatable bonds is 1. The molecule has 3 rings (SSSR count). The first-order valence-electron chi connectivity index (χ1n) is 6.03. The fourth-order valence-corrected chi connectivity index (χ4v) is 3.46. The van der Waals surface area contributed by atoms with Crippen molar-refractivity contribution < 1.29 is 0 Å². The van der Waals surface area contributed by atoms with Gasteiger partial charge in [-0.15, -0.1) is 0 Å². The minimum absolute atomic E-state index is 0.686. The molecule has 2 N–H and O–H groups in total. The van der Waals surface area contributed by atoms with E-state index in [0.717, 1.165) is 19.1 Å². The highest BCUT2D eigenvalue weighted by atomic mass is 79.9. The Morgan fingerprint density at radius 2 is 2.25 bits per heavy atom. The van der Waals surface area contributed by atoms with Gasteiger partial charge in [-0.1, -0.05) is 15.9 Å². The zero-order valence-electron chi connectivity index (χ0n) is 9.32. The monoisotopic (exact) mass is 280 g/mol. The Balaban J connectivity index is 1.91. The van der Waals surface area contributed by atoms with Crippen molar-refractivity contribution in [2.24, 2.45) is 11.7 Å². The lowest BCUT2D eigenvalue weighted by molar-refractivity contribution is 0.372. The summed E-state index contributed by atoms with van der Waals surface area (Å²) in [6, 6.07) is 7.39. The highest BCUT2D eigenvalue weighted by Gasteiger charge is 2.34. The third-order valence-corrected chi connectivity index (χ3v) is 4.44. The van der Waals surface area contributed by atoms with Gasteiger partial charge in [0.2, 0.25) is 0 Å². The number of hydrogen-bond acceptors (Lipinski definition) is 2. The van der Waals surface area contributed by atoms with Gasteiger partial charge in [-0.3, -0.25) is 0 Å². The summed E-state index contributed by atoms with van der Waals surface area (Å²) in [7, 11) is 0. The van der Waals surface area contributed by atoms with E-state index in [1.807, 2.05) is 0 Å². The van der Waals surface area contributed by atoms with Gasteiger partial charge in [-0.2, -0.15) is 0 Å². The zero-order valence-corrected chi connectivity index (χ0v) is 10.9. The number of nitrogens with zero attached hydrogens (tertiary/aromatic N) is 1. The maximum absolute atomic E-state index is 5.80. The zero-order chi connectivity index (χ0) is 11.1. The number of fused-ring (bicyclic) bond motifs is 3. The number of piperidine rings is 1. The van der Waals surface area contributed by atoms with Gasteiger partial charge >= 0.3 is 0 Å². The summed E-state index contributed by atoms with van der Waals surface area (Å²) in [6.45, 7) is 1.98. The standard InChI is InChI=1S/C13H17BrN2/c14-11-2-4-13-10(5-11)6-12-3-1-9(7-15)8-16(12)13/h2,4-5,9,12H,1,3,6-8,15H2. The highest BCUT2D eigenvalue weighted by molar-refractivity contribution is 9.10. The lowest BCUT2D eigenvalue weighted by Gasteiger charge is -2.36. The Labute approximate surface area is 105 Å². The SMILES string of the molecule is NCC1CCC2Cc3cc(Br)ccc3N2C1. The third-order valence-electron chi connectivity index (χ3n) is 3.94. The number of halogens is 1. The molecule has 1 aromatic rings. The molecule has 2 aliphatic rings. The van der Waals surface area contributed by atoms with Crippen molar-refractivity contribution in [1.29, 1.82) is 0 Å². The van der Waals surface area contributed by atoms with Gasteiger partial charge in [0.05, 0.1) is 0 Å². The minimum Gasteiger partial charge on any atom is -0.368 e. The molecule has 2 unspecified atom stereocenters. The van der Waals surface area contributed by atoms with Crippen molar-refractivity contribution in [3.8, 4) is 0 Å². The largest absolute Gasteiger partial charge is 0.368 e. The summed E-state index contributed by atoms with van der Waals surface area (Å²) < 4.78 is 1.20. The Bertz CT molecular complexity index is 405. The van der Waals surface area contributed by atoms with E-state index in [-0.39, 0.29) is 0 Å². The molecule has 0 aliphatic carbocycles. The molecular weight excluding hydrogens is 264 g/mol. The second kappa shape index (κ2) is 4.04. The Morgan fingerprint density at radius 3 is 3.06 bits per heavy atom. The molecule has 0 radical (unpaired) electrons. The number of anilines is 1. The van der Waals surface area contributed by atoms with Gasteiger partial charge < -0.3 is 10.6 Å². The van der Waals surface area contributed by atoms with Crippen LogP contribution in [0.25, 0.3) is 0 Å². The molecule has 3 heteroatoms. The van der Waals surface area contributed by atoms with Gasteiger partial charge in [-0.25, -0.2) is 0 Å². The van der Waals surface area contributed by atoms with Crippen LogP contribution in [-0.4, -0.2) is 19.1 Å². The van der Waals surface area contributed by atoms with Crippen LogP contribution in [0, 0.1) is 5.92 Å². The van der Waals surface area contributed by atoms with Gasteiger partial charge in [0.15, 0.2) is 0 Å². The van der Waals surface area contributed by atoms with Crippen LogP contribution in [0.15, 0.2) is 22.7 Å². The molecule has 0 spiro atoms. The molecule has 2 heterocycles. The fraction of sp³-hybridized carbons (Fsp3) is 0.538. The van der Waals surface area contributed by atoms with Crippen LogP contribution in [0.1, 0.15) is 18.4 Å². The highest BCUT2D eigenvalue weighted by Crippen LogP contribution is 2.39. The number of benzene rings is 1. The van der Waals surface area contributed by atoms with Crippen LogP contribution in [-0.2, 0) is 6.42 Å². The van der Waals surface area contributed by atoms with Gasteiger partial charge in [0, 0.05) is 22.7 Å². The Morgan fingerprint density at radius 1 is 1.38 bits per heavy atom. The maximum Gasteiger partial charge on any atom is 0.0403 e. The molecule has 1 saturated heterocycles. The lowest BCUT2D eigenvalue weighted by Crippen LogP contribution is -2.43. The van der Waals surface area contributed by atoms with Crippen LogP contribution in [0.5, 0.6) is 0 Å². The summed E-state index contributed by atoms with van der Waals surface area (Å²) in [4.78, 5) is 2.57. The van der Waals surface area contributed by atoms with Crippen molar-refractivity contribution >= 4 is 21.6 Å². The first kappa shape index (κ1) is 10.6. The van der Waals surface area contributed by atoms with E-state index in [9.17, 15) is 0 Å². The first-order valence-corrected chi connectivity index (χ1v) is 6.82. The topological polar surface area (TPSA) is 29.3 Å². The summed E-state index contributed by atoms with van der Waals surface area (Å²) in [6.07, 6.45) is 3.81. The van der Waals surface area contributed by atoms with E-state index in [1.54, 1.807) is 0 Å². The molecule has 2 aliphatic heterocycles. The van der Waals surface area contributed by atoms with Crippen molar-refractivity contribution in [1.82, 2.24) is 0 Å². The van der Waals surface area contributed by atoms with E-state index >= 15 is 0 Å². The van der Waals surface area contributed by atoms with Gasteiger partial charge in [-0.05, 0) is 55.5 Å². The molecule has 0 aromatic heterocycles. The van der Waals surface area contributed by atoms with Crippen LogP contribution < -0.4 is 10.6 Å². The van der Waals surface area contributed by atoms with Gasteiger partial charge in [0.1, 0.15) is 0 Å². The molecule has 1 fully saturated rings. The van der Waals surface area contributed by atoms with E-state index in [2.05, 4.69) is 39.0 Å². The fourth-order valence-electron chi connectivity index (χ4n) is 3.05. The van der Waals surface area contributed by atoms with Crippen LogP contribution in [0.2, 0.25) is 0 Å². The van der Waals surface area contributed by atoms with Crippen LogP contribution >= 0.6 is 15.9 Å². The summed E-state index contributed by atoms with van der Waals surface area (Å²) in [5.74, 6) is 0.686. The number of nitrogens with two attached hydrogens (primary N) is 1. The number of hydrogen-bond donors (Lipinski definition) is 1. The lowest BCUT2D eigenvalue weighted by atomic mass is 9.93. The van der Waals surface area contributed by atoms with E-state index in [0.29, 0.717) is 5.92 Å². The summed E-state index contributed by atoms with van der Waals surface area (Å²) >= 11 is 3.55. The van der Waals surface area contributed by atoms with Crippen LogP contribution in [0.3, 0.4) is 0 Å². The predicted octanol–water partition coefficient (Wildman–Crippen LogP) is 2.55. The Kier molecular flexibility index (Phi) is 2.68. The molecule has 1 aromatic carbocycles. The average Bonchev–Trinajstić information content (AvgIpc) is 2.65. The Hall–Kier alpha value is -0.540. The molecule has 16 heavy (non-hydrogen) atoms. The summed E-state index contributed by atoms with van der Waals surface area (Å²) in [5, 5.41) is 0. The molecule has 0 bridgehead atoms. The summed E-state index contributed by atoms with van der Waals surface area (Å²) in [5.41, 5.74) is 8.73. The normalized spacial score (nSPS) is 27.8. The molecular formula is C13H17BrN2. The predicted molar refractivity (Wildman–Crippen MR) is 70.8 cm³/mol. The van der Waals surface area contributed by atoms with E-state index in [4.69, 9.17) is 5.73 Å². The van der Waals surface area contributed by atoms with Crippen LogP contribution in [0.4, 0.5) is 5.69 Å². The smallest absolute Gasteiger partial charge is 0.0403 e. The second-order valence-electron chi connectivity index (χ2n) is 4.96. The van der Waals surface area contributed by atoms with E-state index < -0.39 is 0 Å². The first-order chi connectivity index (χ1) is 7.78. The maximum atomic E-state index is 5.80. The van der Waals surface area contributed by atoms with Crippen molar-refractivity contribution in [2.45, 2.75) is 25.3 Å². The van der Waals surface area contributed by atoms with Crippen molar-refractivity contribution in [3.63, 3.8) is 0 Å². The molecule has 0 amide bonds. The third kappa shape index (κ3) is 1.66. The average molecular weight is 281 g/mol. The van der Waals surface area contributed by atoms with Crippen molar-refractivity contribution in [2.75, 3.05) is 18.0 Å². The quantitative estimate of drug-likeness (QED) is 0.857.